The van der Waals surface area contributed by atoms with Crippen LogP contribution in [-0.4, -0.2) is 43.3 Å². The molecule has 3 heteroatoms. The average molecular weight is 212 g/mol. The van der Waals surface area contributed by atoms with Crippen LogP contribution in [0.4, 0.5) is 0 Å². The maximum Gasteiger partial charge on any atom is 0.0595 e. The number of piperidine rings is 1. The molecule has 0 aromatic rings. The van der Waals surface area contributed by atoms with Gasteiger partial charge in [0.05, 0.1) is 6.10 Å². The summed E-state index contributed by atoms with van der Waals surface area (Å²) in [6, 6.07) is 0. The summed E-state index contributed by atoms with van der Waals surface area (Å²) < 4.78 is 5.41. The molecule has 2 rings (SSSR count). The molecule has 0 unspecified atom stereocenters. The predicted molar refractivity (Wildman–Crippen MR) is 61.9 cm³/mol. The van der Waals surface area contributed by atoms with Crippen molar-refractivity contribution < 1.29 is 4.74 Å². The highest BCUT2D eigenvalue weighted by Crippen LogP contribution is 2.36. The quantitative estimate of drug-likeness (QED) is 0.768. The molecule has 1 saturated heterocycles. The fourth-order valence-electron chi connectivity index (χ4n) is 3.25. The first kappa shape index (κ1) is 11.4. The summed E-state index contributed by atoms with van der Waals surface area (Å²) in [6.07, 6.45) is 8.18. The van der Waals surface area contributed by atoms with Crippen LogP contribution in [0.5, 0.6) is 0 Å². The van der Waals surface area contributed by atoms with Crippen molar-refractivity contribution in [2.75, 3.05) is 26.7 Å². The van der Waals surface area contributed by atoms with Crippen molar-refractivity contribution in [2.45, 2.75) is 50.2 Å². The Bertz CT molecular complexity index is 194. The molecule has 0 bridgehead atoms. The summed E-state index contributed by atoms with van der Waals surface area (Å²) in [5.74, 6) is 0. The number of hydrogen-bond acceptors (Lipinski definition) is 3. The van der Waals surface area contributed by atoms with Crippen molar-refractivity contribution in [3.05, 3.63) is 0 Å². The highest BCUT2D eigenvalue weighted by Gasteiger charge is 2.39. The average Bonchev–Trinajstić information content (AvgIpc) is 2.79. The minimum atomic E-state index is 0.346. The molecule has 1 aliphatic heterocycles. The summed E-state index contributed by atoms with van der Waals surface area (Å²) >= 11 is 0. The molecule has 2 aliphatic rings. The number of hydrogen-bond donors (Lipinski definition) is 1. The van der Waals surface area contributed by atoms with E-state index in [1.54, 1.807) is 0 Å². The molecule has 0 aromatic heterocycles. The van der Waals surface area contributed by atoms with Crippen molar-refractivity contribution in [3.63, 3.8) is 0 Å². The van der Waals surface area contributed by atoms with Crippen LogP contribution in [0.1, 0.15) is 38.5 Å². The zero-order valence-electron chi connectivity index (χ0n) is 9.87. The third-order valence-corrected chi connectivity index (χ3v) is 4.36. The molecular weight excluding hydrogens is 188 g/mol. The fraction of sp³-hybridized carbons (Fsp3) is 1.00. The highest BCUT2D eigenvalue weighted by molar-refractivity contribution is 4.97. The maximum atomic E-state index is 5.99. The molecule has 1 aliphatic carbocycles. The van der Waals surface area contributed by atoms with E-state index in [4.69, 9.17) is 10.5 Å². The lowest BCUT2D eigenvalue weighted by Gasteiger charge is -2.44. The highest BCUT2D eigenvalue weighted by atomic mass is 16.5. The van der Waals surface area contributed by atoms with Crippen molar-refractivity contribution in [2.24, 2.45) is 5.73 Å². The molecule has 0 spiro atoms. The minimum absolute atomic E-state index is 0.346. The van der Waals surface area contributed by atoms with E-state index in [9.17, 15) is 0 Å². The van der Waals surface area contributed by atoms with Gasteiger partial charge in [-0.3, -0.25) is 4.90 Å². The second-order valence-electron chi connectivity index (χ2n) is 5.06. The number of likely N-dealkylation sites (tertiary alicyclic amines) is 1. The van der Waals surface area contributed by atoms with Gasteiger partial charge in [-0.25, -0.2) is 0 Å². The van der Waals surface area contributed by atoms with Crippen LogP contribution in [0.3, 0.4) is 0 Å². The van der Waals surface area contributed by atoms with E-state index in [1.807, 2.05) is 7.11 Å². The first-order valence-corrected chi connectivity index (χ1v) is 6.29. The van der Waals surface area contributed by atoms with Crippen molar-refractivity contribution in [1.29, 1.82) is 0 Å². The molecule has 1 heterocycles. The number of rotatable bonds is 3. The number of methoxy groups -OCH3 is 1. The molecule has 0 atom stereocenters. The van der Waals surface area contributed by atoms with Gasteiger partial charge < -0.3 is 10.5 Å². The van der Waals surface area contributed by atoms with Crippen LogP contribution in [0.2, 0.25) is 0 Å². The number of nitrogens with zero attached hydrogens (tertiary/aromatic N) is 1. The van der Waals surface area contributed by atoms with Crippen LogP contribution >= 0.6 is 0 Å². The van der Waals surface area contributed by atoms with E-state index in [2.05, 4.69) is 4.90 Å². The predicted octanol–water partition coefficient (Wildman–Crippen LogP) is 1.37. The Hall–Kier alpha value is -0.120. The summed E-state index contributed by atoms with van der Waals surface area (Å²) in [6.45, 7) is 3.19. The molecule has 0 amide bonds. The molecule has 0 aromatic carbocycles. The molecule has 2 N–H and O–H groups in total. The Balaban J connectivity index is 1.93. The van der Waals surface area contributed by atoms with E-state index in [0.29, 0.717) is 11.6 Å². The van der Waals surface area contributed by atoms with Crippen LogP contribution in [0.15, 0.2) is 0 Å². The van der Waals surface area contributed by atoms with Gasteiger partial charge >= 0.3 is 0 Å². The largest absolute Gasteiger partial charge is 0.381 e. The number of nitrogens with two attached hydrogens (primary N) is 1. The first-order chi connectivity index (χ1) is 7.30. The Labute approximate surface area is 93.0 Å². The van der Waals surface area contributed by atoms with Crippen molar-refractivity contribution in [1.82, 2.24) is 4.90 Å². The van der Waals surface area contributed by atoms with Crippen LogP contribution in [0, 0.1) is 0 Å². The van der Waals surface area contributed by atoms with Gasteiger partial charge in [0.25, 0.3) is 0 Å². The molecule has 1 saturated carbocycles. The summed E-state index contributed by atoms with van der Waals surface area (Å²) in [4.78, 5) is 2.63. The van der Waals surface area contributed by atoms with Gasteiger partial charge in [-0.05, 0) is 25.7 Å². The monoisotopic (exact) mass is 212 g/mol. The molecule has 88 valence electrons. The molecule has 3 nitrogen and oxygen atoms in total. The zero-order chi connectivity index (χ0) is 10.7. The third kappa shape index (κ3) is 2.19. The molecular formula is C12H24N2O. The SMILES string of the molecule is COC1CCN(C2(CN)CCCC2)CC1. The van der Waals surface area contributed by atoms with Crippen LogP contribution in [0.25, 0.3) is 0 Å². The fourth-order valence-corrected chi connectivity index (χ4v) is 3.25. The lowest BCUT2D eigenvalue weighted by molar-refractivity contribution is -0.000196. The van der Waals surface area contributed by atoms with Crippen LogP contribution in [-0.2, 0) is 4.74 Å². The zero-order valence-corrected chi connectivity index (χ0v) is 9.87. The van der Waals surface area contributed by atoms with Crippen molar-refractivity contribution >= 4 is 0 Å². The lowest BCUT2D eigenvalue weighted by atomic mass is 9.92. The van der Waals surface area contributed by atoms with Crippen molar-refractivity contribution in [3.8, 4) is 0 Å². The topological polar surface area (TPSA) is 38.5 Å². The third-order valence-electron chi connectivity index (χ3n) is 4.36. The van der Waals surface area contributed by atoms with Gasteiger partial charge in [-0.1, -0.05) is 12.8 Å². The molecule has 2 fully saturated rings. The Kier molecular flexibility index (Phi) is 3.65. The standard InChI is InChI=1S/C12H24N2O/c1-15-11-4-8-14(9-5-11)12(10-13)6-2-3-7-12/h11H,2-10,13H2,1H3. The minimum Gasteiger partial charge on any atom is -0.381 e. The van der Waals surface area contributed by atoms with Gasteiger partial charge in [-0.2, -0.15) is 0 Å². The second kappa shape index (κ2) is 4.81. The summed E-state index contributed by atoms with van der Waals surface area (Å²) in [7, 11) is 1.83. The number of ether oxygens (including phenoxy) is 1. The smallest absolute Gasteiger partial charge is 0.0595 e. The molecule has 0 radical (unpaired) electrons. The normalized spacial score (nSPS) is 28.4. The van der Waals surface area contributed by atoms with Gasteiger partial charge in [0.2, 0.25) is 0 Å². The summed E-state index contributed by atoms with van der Waals surface area (Å²) in [5, 5.41) is 0. The van der Waals surface area contributed by atoms with Gasteiger partial charge in [-0.15, -0.1) is 0 Å². The Morgan fingerprint density at radius 1 is 1.27 bits per heavy atom. The lowest BCUT2D eigenvalue weighted by Crippen LogP contribution is -2.55. The van der Waals surface area contributed by atoms with E-state index in [0.717, 1.165) is 6.54 Å². The second-order valence-corrected chi connectivity index (χ2v) is 5.06. The van der Waals surface area contributed by atoms with Gasteiger partial charge in [0.1, 0.15) is 0 Å². The molecule has 15 heavy (non-hydrogen) atoms. The van der Waals surface area contributed by atoms with E-state index >= 15 is 0 Å². The Morgan fingerprint density at radius 3 is 2.33 bits per heavy atom. The summed E-state index contributed by atoms with van der Waals surface area (Å²) in [5.41, 5.74) is 6.34. The van der Waals surface area contributed by atoms with Gasteiger partial charge in [0.15, 0.2) is 0 Å². The Morgan fingerprint density at radius 2 is 1.87 bits per heavy atom. The maximum absolute atomic E-state index is 5.99. The first-order valence-electron chi connectivity index (χ1n) is 6.29. The van der Waals surface area contributed by atoms with E-state index < -0.39 is 0 Å². The van der Waals surface area contributed by atoms with Crippen LogP contribution < -0.4 is 5.73 Å². The van der Waals surface area contributed by atoms with E-state index in [1.165, 1.54) is 51.6 Å². The van der Waals surface area contributed by atoms with E-state index in [-0.39, 0.29) is 0 Å². The van der Waals surface area contributed by atoms with Gasteiger partial charge in [0, 0.05) is 32.3 Å².